The van der Waals surface area contributed by atoms with Gasteiger partial charge in [-0.3, -0.25) is 9.36 Å². The van der Waals surface area contributed by atoms with Gasteiger partial charge in [0.1, 0.15) is 11.5 Å². The molecule has 5 rings (SSSR count). The fourth-order valence-electron chi connectivity index (χ4n) is 4.17. The van der Waals surface area contributed by atoms with Crippen molar-refractivity contribution >= 4 is 29.1 Å². The Kier molecular flexibility index (Phi) is 6.69. The fourth-order valence-corrected chi connectivity index (χ4v) is 5.15. The number of benzene rings is 2. The Bertz CT molecular complexity index is 1580. The summed E-state index contributed by atoms with van der Waals surface area (Å²) in [5.74, 6) is 0.751. The number of hydrogen-bond acceptors (Lipinski definition) is 7. The summed E-state index contributed by atoms with van der Waals surface area (Å²) in [5, 5.41) is 0. The molecule has 182 valence electrons. The zero-order valence-corrected chi connectivity index (χ0v) is 20.7. The maximum atomic E-state index is 13.7. The van der Waals surface area contributed by atoms with Gasteiger partial charge in [0.05, 0.1) is 41.3 Å². The molecule has 3 heterocycles. The maximum Gasteiger partial charge on any atom is 0.338 e. The van der Waals surface area contributed by atoms with Crippen LogP contribution >= 0.6 is 11.3 Å². The number of nitrogens with zero attached hydrogens (tertiary/aromatic N) is 2. The lowest BCUT2D eigenvalue weighted by molar-refractivity contribution is -0.138. The maximum absolute atomic E-state index is 13.7. The van der Waals surface area contributed by atoms with Gasteiger partial charge in [-0.2, -0.15) is 0 Å². The molecule has 1 atom stereocenters. The van der Waals surface area contributed by atoms with Crippen molar-refractivity contribution in [3.63, 3.8) is 0 Å². The lowest BCUT2D eigenvalue weighted by atomic mass is 9.93. The molecule has 0 amide bonds. The molecule has 0 N–H and O–H groups in total. The summed E-state index contributed by atoms with van der Waals surface area (Å²) in [7, 11) is 0. The summed E-state index contributed by atoms with van der Waals surface area (Å²) in [4.78, 5) is 32.4. The van der Waals surface area contributed by atoms with Crippen molar-refractivity contribution in [2.24, 2.45) is 4.99 Å². The van der Waals surface area contributed by atoms with Gasteiger partial charge in [0.25, 0.3) is 5.56 Å². The van der Waals surface area contributed by atoms with Crippen molar-refractivity contribution < 1.29 is 18.7 Å². The fraction of sp³-hybridized carbons (Fsp3) is 0.179. The molecule has 36 heavy (non-hydrogen) atoms. The minimum atomic E-state index is -0.732. The lowest BCUT2D eigenvalue weighted by Gasteiger charge is -2.26. The Morgan fingerprint density at radius 2 is 1.83 bits per heavy atom. The van der Waals surface area contributed by atoms with Crippen molar-refractivity contribution in [2.45, 2.75) is 19.9 Å². The number of fused-ring (bicyclic) bond motifs is 1. The SMILES string of the molecule is CCOC(=O)C1=C(c2ccccc2)N=c2s/c(=C\c3ccco3)c(=O)n2C1c1ccc(OCC)cc1. The topological polar surface area (TPSA) is 83.0 Å². The Balaban J connectivity index is 1.80. The highest BCUT2D eigenvalue weighted by Gasteiger charge is 2.35. The number of ether oxygens (including phenoxy) is 2. The molecule has 0 bridgehead atoms. The molecule has 2 aromatic carbocycles. The van der Waals surface area contributed by atoms with E-state index in [0.717, 1.165) is 11.1 Å². The van der Waals surface area contributed by atoms with Gasteiger partial charge in [-0.1, -0.05) is 53.8 Å². The monoisotopic (exact) mass is 500 g/mol. The summed E-state index contributed by atoms with van der Waals surface area (Å²) < 4.78 is 18.5. The van der Waals surface area contributed by atoms with Crippen LogP contribution in [0.2, 0.25) is 0 Å². The number of carbonyl (C=O) groups excluding carboxylic acids is 1. The third-order valence-corrected chi connectivity index (χ3v) is 6.68. The molecule has 1 aliphatic heterocycles. The Morgan fingerprint density at radius 3 is 2.50 bits per heavy atom. The van der Waals surface area contributed by atoms with E-state index in [4.69, 9.17) is 18.9 Å². The number of furan rings is 1. The second-order valence-electron chi connectivity index (χ2n) is 7.95. The van der Waals surface area contributed by atoms with Crippen LogP contribution in [0.5, 0.6) is 5.75 Å². The predicted octanol–water partition coefficient (Wildman–Crippen LogP) is 3.93. The van der Waals surface area contributed by atoms with E-state index < -0.39 is 12.0 Å². The molecular formula is C28H24N2O5S. The third kappa shape index (κ3) is 4.43. The van der Waals surface area contributed by atoms with E-state index in [1.807, 2.05) is 61.5 Å². The van der Waals surface area contributed by atoms with E-state index in [9.17, 15) is 9.59 Å². The number of rotatable bonds is 7. The minimum absolute atomic E-state index is 0.198. The zero-order valence-electron chi connectivity index (χ0n) is 19.8. The number of aromatic nitrogens is 1. The first kappa shape index (κ1) is 23.6. The van der Waals surface area contributed by atoms with Crippen molar-refractivity contribution in [1.29, 1.82) is 0 Å². The molecule has 0 saturated carbocycles. The number of esters is 1. The van der Waals surface area contributed by atoms with E-state index >= 15 is 0 Å². The summed E-state index contributed by atoms with van der Waals surface area (Å²) in [6.45, 7) is 4.40. The van der Waals surface area contributed by atoms with Crippen molar-refractivity contribution in [3.05, 3.63) is 115 Å². The van der Waals surface area contributed by atoms with Crippen LogP contribution < -0.4 is 19.6 Å². The quantitative estimate of drug-likeness (QED) is 0.359. The van der Waals surface area contributed by atoms with E-state index in [2.05, 4.69) is 0 Å². The molecule has 0 radical (unpaired) electrons. The molecule has 4 aromatic rings. The molecular weight excluding hydrogens is 476 g/mol. The minimum Gasteiger partial charge on any atom is -0.494 e. The van der Waals surface area contributed by atoms with Gasteiger partial charge in [-0.15, -0.1) is 0 Å². The zero-order chi connectivity index (χ0) is 25.1. The molecule has 0 saturated heterocycles. The summed E-state index contributed by atoms with van der Waals surface area (Å²) >= 11 is 1.25. The lowest BCUT2D eigenvalue weighted by Crippen LogP contribution is -2.40. The molecule has 1 unspecified atom stereocenters. The first-order chi connectivity index (χ1) is 17.6. The smallest absolute Gasteiger partial charge is 0.338 e. The normalized spacial score (nSPS) is 15.4. The molecule has 0 aliphatic carbocycles. The highest BCUT2D eigenvalue weighted by Crippen LogP contribution is 2.35. The van der Waals surface area contributed by atoms with Crippen LogP contribution in [0.25, 0.3) is 11.8 Å². The highest BCUT2D eigenvalue weighted by molar-refractivity contribution is 7.07. The Hall–Kier alpha value is -4.17. The van der Waals surface area contributed by atoms with E-state index in [1.54, 1.807) is 36.0 Å². The molecule has 0 spiro atoms. The second-order valence-corrected chi connectivity index (χ2v) is 8.96. The second kappa shape index (κ2) is 10.2. The van der Waals surface area contributed by atoms with Crippen LogP contribution in [-0.4, -0.2) is 23.8 Å². The van der Waals surface area contributed by atoms with Gasteiger partial charge in [-0.05, 0) is 43.7 Å². The van der Waals surface area contributed by atoms with Crippen LogP contribution in [0.15, 0.2) is 92.8 Å². The average molecular weight is 501 g/mol. The van der Waals surface area contributed by atoms with Crippen molar-refractivity contribution in [1.82, 2.24) is 4.57 Å². The summed E-state index contributed by atoms with van der Waals surface area (Å²) in [6, 6.07) is 19.7. The van der Waals surface area contributed by atoms with Crippen LogP contribution in [-0.2, 0) is 9.53 Å². The number of thiazole rings is 1. The molecule has 1 aliphatic rings. The van der Waals surface area contributed by atoms with Crippen LogP contribution in [0.1, 0.15) is 36.8 Å². The third-order valence-electron chi connectivity index (χ3n) is 5.70. The highest BCUT2D eigenvalue weighted by atomic mass is 32.1. The first-order valence-corrected chi connectivity index (χ1v) is 12.5. The standard InChI is InChI=1S/C28H24N2O5S/c1-3-33-20-14-12-19(13-15-20)25-23(27(32)34-4-2)24(18-9-6-5-7-10-18)29-28-30(25)26(31)22(36-28)17-21-11-8-16-35-21/h5-17,25H,3-4H2,1-2H3/b22-17-. The average Bonchev–Trinajstić information content (AvgIpc) is 3.52. The first-order valence-electron chi connectivity index (χ1n) is 11.7. The van der Waals surface area contributed by atoms with E-state index in [0.29, 0.717) is 38.7 Å². The van der Waals surface area contributed by atoms with E-state index in [1.165, 1.54) is 11.3 Å². The summed E-state index contributed by atoms with van der Waals surface area (Å²) in [5.41, 5.74) is 2.04. The predicted molar refractivity (Wildman–Crippen MR) is 137 cm³/mol. The van der Waals surface area contributed by atoms with Crippen molar-refractivity contribution in [3.8, 4) is 5.75 Å². The largest absolute Gasteiger partial charge is 0.494 e. The van der Waals surface area contributed by atoms with Crippen LogP contribution in [0.4, 0.5) is 0 Å². The molecule has 8 heteroatoms. The van der Waals surface area contributed by atoms with Crippen LogP contribution in [0, 0.1) is 0 Å². The van der Waals surface area contributed by atoms with Gasteiger partial charge < -0.3 is 13.9 Å². The van der Waals surface area contributed by atoms with Gasteiger partial charge >= 0.3 is 5.97 Å². The molecule has 0 fully saturated rings. The van der Waals surface area contributed by atoms with Gasteiger partial charge in [0.2, 0.25) is 0 Å². The molecule has 2 aromatic heterocycles. The van der Waals surface area contributed by atoms with Crippen LogP contribution in [0.3, 0.4) is 0 Å². The summed E-state index contributed by atoms with van der Waals surface area (Å²) in [6.07, 6.45) is 3.24. The van der Waals surface area contributed by atoms with Crippen molar-refractivity contribution in [2.75, 3.05) is 13.2 Å². The molecule has 7 nitrogen and oxygen atoms in total. The van der Waals surface area contributed by atoms with Gasteiger partial charge in [-0.25, -0.2) is 9.79 Å². The van der Waals surface area contributed by atoms with Gasteiger partial charge in [0.15, 0.2) is 4.80 Å². The number of carbonyl (C=O) groups is 1. The van der Waals surface area contributed by atoms with Gasteiger partial charge in [0, 0.05) is 11.6 Å². The Labute approximate surface area is 211 Å². The Morgan fingerprint density at radius 1 is 1.06 bits per heavy atom. The number of hydrogen-bond donors (Lipinski definition) is 0. The van der Waals surface area contributed by atoms with E-state index in [-0.39, 0.29) is 12.2 Å².